The lowest BCUT2D eigenvalue weighted by atomic mass is 10.00. The molecule has 0 saturated heterocycles. The number of hydrogen-bond donors (Lipinski definition) is 0. The molecule has 2 heterocycles. The van der Waals surface area contributed by atoms with Gasteiger partial charge in [0.15, 0.2) is 0 Å². The van der Waals surface area contributed by atoms with Crippen LogP contribution in [-0.2, 0) is 11.2 Å². The molecule has 4 rings (SSSR count). The lowest BCUT2D eigenvalue weighted by Crippen LogP contribution is -2.48. The van der Waals surface area contributed by atoms with Crippen LogP contribution < -0.4 is 4.74 Å². The quantitative estimate of drug-likeness (QED) is 0.274. The Labute approximate surface area is 230 Å². The number of amides is 2. The van der Waals surface area contributed by atoms with Gasteiger partial charge in [-0.3, -0.25) is 9.59 Å². The van der Waals surface area contributed by atoms with Crippen LogP contribution in [-0.4, -0.2) is 47.9 Å². The van der Waals surface area contributed by atoms with Crippen molar-refractivity contribution in [3.8, 4) is 5.75 Å². The molecule has 2 unspecified atom stereocenters. The van der Waals surface area contributed by atoms with Gasteiger partial charge in [-0.15, -0.1) is 11.3 Å². The Bertz CT molecular complexity index is 1200. The van der Waals surface area contributed by atoms with Crippen molar-refractivity contribution < 1.29 is 14.3 Å². The highest BCUT2D eigenvalue weighted by Crippen LogP contribution is 2.34. The summed E-state index contributed by atoms with van der Waals surface area (Å²) < 4.78 is 6.93. The van der Waals surface area contributed by atoms with Crippen molar-refractivity contribution in [2.45, 2.75) is 32.7 Å². The first kappa shape index (κ1) is 26.7. The zero-order valence-corrected chi connectivity index (χ0v) is 23.6. The van der Waals surface area contributed by atoms with E-state index in [0.29, 0.717) is 36.0 Å². The number of nitrogens with zero attached hydrogens (tertiary/aromatic N) is 2. The molecule has 2 atom stereocenters. The Morgan fingerprint density at radius 3 is 2.72 bits per heavy atom. The summed E-state index contributed by atoms with van der Waals surface area (Å²) in [6.07, 6.45) is 1.73. The number of thiophene rings is 1. The van der Waals surface area contributed by atoms with Crippen LogP contribution >= 0.6 is 38.9 Å². The van der Waals surface area contributed by atoms with Gasteiger partial charge in [0.05, 0.1) is 6.04 Å². The molecule has 0 aliphatic carbocycles. The minimum Gasteiger partial charge on any atom is -0.491 e. The van der Waals surface area contributed by atoms with E-state index in [1.807, 2.05) is 29.2 Å². The van der Waals surface area contributed by atoms with E-state index >= 15 is 0 Å². The van der Waals surface area contributed by atoms with E-state index in [1.54, 1.807) is 40.5 Å². The summed E-state index contributed by atoms with van der Waals surface area (Å²) in [5.74, 6) is 0.788. The van der Waals surface area contributed by atoms with E-state index in [9.17, 15) is 9.59 Å². The number of hydrogen-bond acceptors (Lipinski definition) is 4. The van der Waals surface area contributed by atoms with Gasteiger partial charge in [0.2, 0.25) is 5.91 Å². The van der Waals surface area contributed by atoms with Crippen molar-refractivity contribution >= 4 is 50.7 Å². The lowest BCUT2D eigenvalue weighted by molar-refractivity contribution is -0.135. The predicted octanol–water partition coefficient (Wildman–Crippen LogP) is 6.86. The second-order valence-corrected chi connectivity index (χ2v) is 11.5. The summed E-state index contributed by atoms with van der Waals surface area (Å²) in [6, 6.07) is 16.4. The second kappa shape index (κ2) is 12.3. The summed E-state index contributed by atoms with van der Waals surface area (Å²) in [5.41, 5.74) is 1.70. The monoisotopic (exact) mass is 588 g/mol. The molecule has 0 bridgehead atoms. The molecule has 0 spiro atoms. The van der Waals surface area contributed by atoms with Crippen LogP contribution in [0, 0.1) is 5.92 Å². The summed E-state index contributed by atoms with van der Waals surface area (Å²) in [6.45, 7) is 5.70. The Morgan fingerprint density at radius 1 is 1.22 bits per heavy atom. The van der Waals surface area contributed by atoms with Gasteiger partial charge in [-0.1, -0.05) is 53.9 Å². The first-order valence-electron chi connectivity index (χ1n) is 12.1. The molecule has 36 heavy (non-hydrogen) atoms. The van der Waals surface area contributed by atoms with E-state index in [0.717, 1.165) is 22.9 Å². The standard InChI is InChI=1S/C28H30BrClN2O3S/c1-3-19(2)16-31(28(34)20-5-4-6-21(29)15-20)17-27(33)32-13-11-26-24(12-14-36-26)25(32)18-35-23-9-7-22(30)8-10-23/h4-10,12,14-15,19,25H,3,11,13,16-18H2,1-2H3. The maximum Gasteiger partial charge on any atom is 0.254 e. The van der Waals surface area contributed by atoms with Gasteiger partial charge in [-0.25, -0.2) is 0 Å². The third-order valence-corrected chi connectivity index (χ3v) is 8.29. The van der Waals surface area contributed by atoms with Crippen LogP contribution in [0.2, 0.25) is 5.02 Å². The van der Waals surface area contributed by atoms with Gasteiger partial charge < -0.3 is 14.5 Å². The Morgan fingerprint density at radius 2 is 2.00 bits per heavy atom. The molecule has 5 nitrogen and oxygen atoms in total. The van der Waals surface area contributed by atoms with Crippen molar-refractivity contribution in [2.75, 3.05) is 26.2 Å². The van der Waals surface area contributed by atoms with Crippen LogP contribution in [0.4, 0.5) is 0 Å². The minimum atomic E-state index is -0.213. The predicted molar refractivity (Wildman–Crippen MR) is 149 cm³/mol. The maximum absolute atomic E-state index is 13.7. The van der Waals surface area contributed by atoms with Gasteiger partial charge in [-0.05, 0) is 71.8 Å². The fourth-order valence-electron chi connectivity index (χ4n) is 4.36. The molecule has 1 aromatic heterocycles. The van der Waals surface area contributed by atoms with Crippen LogP contribution in [0.25, 0.3) is 0 Å². The van der Waals surface area contributed by atoms with Gasteiger partial charge >= 0.3 is 0 Å². The highest BCUT2D eigenvalue weighted by atomic mass is 79.9. The van der Waals surface area contributed by atoms with Crippen LogP contribution in [0.3, 0.4) is 0 Å². The number of benzene rings is 2. The first-order chi connectivity index (χ1) is 17.4. The first-order valence-corrected chi connectivity index (χ1v) is 14.2. The summed E-state index contributed by atoms with van der Waals surface area (Å²) in [5, 5.41) is 2.72. The second-order valence-electron chi connectivity index (χ2n) is 9.13. The highest BCUT2D eigenvalue weighted by molar-refractivity contribution is 9.10. The largest absolute Gasteiger partial charge is 0.491 e. The van der Waals surface area contributed by atoms with Gasteiger partial charge in [-0.2, -0.15) is 0 Å². The van der Waals surface area contributed by atoms with E-state index in [1.165, 1.54) is 4.88 Å². The summed E-state index contributed by atoms with van der Waals surface area (Å²) >= 11 is 11.2. The van der Waals surface area contributed by atoms with E-state index in [-0.39, 0.29) is 30.3 Å². The average Bonchev–Trinajstić information content (AvgIpc) is 3.36. The number of rotatable bonds is 9. The number of ether oxygens (including phenoxy) is 1. The Kier molecular flexibility index (Phi) is 9.09. The summed E-state index contributed by atoms with van der Waals surface area (Å²) in [4.78, 5) is 32.0. The molecule has 1 aliphatic heterocycles. The molecule has 8 heteroatoms. The van der Waals surface area contributed by atoms with Crippen LogP contribution in [0.15, 0.2) is 64.5 Å². The fraction of sp³-hybridized carbons (Fsp3) is 0.357. The molecular formula is C28H30BrClN2O3S. The molecule has 3 aromatic rings. The van der Waals surface area contributed by atoms with E-state index in [2.05, 4.69) is 41.2 Å². The highest BCUT2D eigenvalue weighted by Gasteiger charge is 2.34. The van der Waals surface area contributed by atoms with E-state index < -0.39 is 0 Å². The van der Waals surface area contributed by atoms with Gasteiger partial charge in [0, 0.05) is 33.0 Å². The molecule has 0 radical (unpaired) electrons. The Hall–Kier alpha value is -2.35. The maximum atomic E-state index is 13.7. The zero-order chi connectivity index (χ0) is 25.7. The number of halogens is 2. The minimum absolute atomic E-state index is 0.0343. The number of fused-ring (bicyclic) bond motifs is 1. The van der Waals surface area contributed by atoms with Gasteiger partial charge in [0.25, 0.3) is 5.91 Å². The van der Waals surface area contributed by atoms with Crippen molar-refractivity contribution in [1.29, 1.82) is 0 Å². The van der Waals surface area contributed by atoms with Crippen molar-refractivity contribution in [3.05, 3.63) is 85.5 Å². The van der Waals surface area contributed by atoms with E-state index in [4.69, 9.17) is 16.3 Å². The summed E-state index contributed by atoms with van der Waals surface area (Å²) in [7, 11) is 0. The number of carbonyl (C=O) groups excluding carboxylic acids is 2. The SMILES string of the molecule is CCC(C)CN(CC(=O)N1CCc2sccc2C1COc1ccc(Cl)cc1)C(=O)c1cccc(Br)c1. The average molecular weight is 590 g/mol. The van der Waals surface area contributed by atoms with Crippen molar-refractivity contribution in [2.24, 2.45) is 5.92 Å². The zero-order valence-electron chi connectivity index (χ0n) is 20.5. The van der Waals surface area contributed by atoms with Crippen molar-refractivity contribution in [1.82, 2.24) is 9.80 Å². The van der Waals surface area contributed by atoms with Gasteiger partial charge in [0.1, 0.15) is 18.9 Å². The molecule has 190 valence electrons. The fourth-order valence-corrected chi connectivity index (χ4v) is 5.82. The normalized spacial score (nSPS) is 15.8. The molecule has 0 N–H and O–H groups in total. The van der Waals surface area contributed by atoms with Crippen LogP contribution in [0.1, 0.15) is 47.1 Å². The molecule has 2 amide bonds. The smallest absolute Gasteiger partial charge is 0.254 e. The van der Waals surface area contributed by atoms with Crippen molar-refractivity contribution in [3.63, 3.8) is 0 Å². The lowest BCUT2D eigenvalue weighted by Gasteiger charge is -2.37. The molecule has 0 fully saturated rings. The molecule has 1 aliphatic rings. The third-order valence-electron chi connectivity index (χ3n) is 6.55. The molecular weight excluding hydrogens is 560 g/mol. The molecule has 0 saturated carbocycles. The number of carbonyl (C=O) groups is 2. The third kappa shape index (κ3) is 6.50. The molecule has 2 aromatic carbocycles. The van der Waals surface area contributed by atoms with Crippen LogP contribution in [0.5, 0.6) is 5.75 Å². The Balaban J connectivity index is 1.54. The topological polar surface area (TPSA) is 49.9 Å².